The van der Waals surface area contributed by atoms with Gasteiger partial charge in [-0.25, -0.2) is 0 Å². The van der Waals surface area contributed by atoms with Gasteiger partial charge in [-0.3, -0.25) is 14.4 Å². The number of ketones is 1. The number of Topliss-reactive ketones (excluding diaryl/α,β-unsaturated/α-hetero) is 1. The lowest BCUT2D eigenvalue weighted by Gasteiger charge is -2.22. The molecule has 0 saturated heterocycles. The summed E-state index contributed by atoms with van der Waals surface area (Å²) in [5.74, 6) is -2.52. The Kier molecular flexibility index (Phi) is 7.18. The van der Waals surface area contributed by atoms with Crippen molar-refractivity contribution < 1.29 is 33.3 Å². The Morgan fingerprint density at radius 3 is 2.38 bits per heavy atom. The van der Waals surface area contributed by atoms with Gasteiger partial charge in [0.25, 0.3) is 5.88 Å². The number of carbonyl (C=O) groups is 3. The summed E-state index contributed by atoms with van der Waals surface area (Å²) in [4.78, 5) is 42.9. The number of pyridine rings is 1. The molecule has 0 radical (unpaired) electrons. The first kappa shape index (κ1) is 22.6. The molecule has 0 aliphatic carbocycles. The second kappa shape index (κ2) is 9.21. The van der Waals surface area contributed by atoms with Crippen molar-refractivity contribution in [2.24, 2.45) is 5.92 Å². The van der Waals surface area contributed by atoms with Gasteiger partial charge in [0.1, 0.15) is 16.3 Å². The zero-order chi connectivity index (χ0) is 21.8. The van der Waals surface area contributed by atoms with Crippen LogP contribution in [0.25, 0.3) is 10.2 Å². The van der Waals surface area contributed by atoms with Crippen LogP contribution in [-0.2, 0) is 19.1 Å². The van der Waals surface area contributed by atoms with Crippen LogP contribution >= 0.6 is 11.3 Å². The van der Waals surface area contributed by atoms with E-state index in [1.807, 2.05) is 0 Å². The second-order valence-corrected chi connectivity index (χ2v) is 8.20. The Morgan fingerprint density at radius 1 is 1.14 bits per heavy atom. The Hall–Kier alpha value is -2.68. The van der Waals surface area contributed by atoms with Gasteiger partial charge >= 0.3 is 11.9 Å². The third-order valence-corrected chi connectivity index (χ3v) is 4.84. The zero-order valence-corrected chi connectivity index (χ0v) is 18.2. The van der Waals surface area contributed by atoms with E-state index in [2.05, 4.69) is 4.98 Å². The van der Waals surface area contributed by atoms with Gasteiger partial charge in [-0.1, -0.05) is 0 Å². The van der Waals surface area contributed by atoms with E-state index in [9.17, 15) is 14.4 Å². The van der Waals surface area contributed by atoms with Crippen LogP contribution in [0.15, 0.2) is 12.1 Å². The Morgan fingerprint density at radius 2 is 1.83 bits per heavy atom. The van der Waals surface area contributed by atoms with Crippen molar-refractivity contribution in [1.82, 2.24) is 4.98 Å². The maximum atomic E-state index is 13.1. The van der Waals surface area contributed by atoms with E-state index in [4.69, 9.17) is 18.9 Å². The summed E-state index contributed by atoms with van der Waals surface area (Å²) in [6.07, 6.45) is -0.393. The maximum Gasteiger partial charge on any atom is 0.318 e. The largest absolute Gasteiger partial charge is 0.491 e. The Labute approximate surface area is 173 Å². The van der Waals surface area contributed by atoms with Crippen molar-refractivity contribution in [3.63, 3.8) is 0 Å². The predicted molar refractivity (Wildman–Crippen MR) is 108 cm³/mol. The number of rotatable bonds is 8. The number of carbonyl (C=O) groups excluding carboxylic acids is 3. The number of hydrogen-bond acceptors (Lipinski definition) is 9. The quantitative estimate of drug-likeness (QED) is 0.362. The van der Waals surface area contributed by atoms with E-state index in [1.54, 1.807) is 39.8 Å². The van der Waals surface area contributed by atoms with Gasteiger partial charge < -0.3 is 18.9 Å². The first-order valence-electron chi connectivity index (χ1n) is 9.04. The minimum absolute atomic E-state index is 0.153. The molecule has 0 N–H and O–H groups in total. The SMILES string of the molecule is CCOC(=O)CC(C(=O)OC(C)(C)C)C(=O)c1cc2cc(OC)c(OC)nc2s1. The highest BCUT2D eigenvalue weighted by Gasteiger charge is 2.35. The third kappa shape index (κ3) is 5.66. The molecule has 1 unspecified atom stereocenters. The molecule has 2 rings (SSSR count). The summed E-state index contributed by atoms with van der Waals surface area (Å²) >= 11 is 1.10. The van der Waals surface area contributed by atoms with Gasteiger partial charge in [0, 0.05) is 5.39 Å². The number of methoxy groups -OCH3 is 2. The molecule has 1 atom stereocenters. The van der Waals surface area contributed by atoms with Gasteiger partial charge in [0.2, 0.25) is 0 Å². The summed E-state index contributed by atoms with van der Waals surface area (Å²) < 4.78 is 20.7. The van der Waals surface area contributed by atoms with Gasteiger partial charge in [0.05, 0.1) is 32.1 Å². The van der Waals surface area contributed by atoms with E-state index in [-0.39, 0.29) is 17.4 Å². The number of esters is 2. The van der Waals surface area contributed by atoms with Crippen molar-refractivity contribution in [2.45, 2.75) is 39.7 Å². The number of hydrogen-bond donors (Lipinski definition) is 0. The Balaban J connectivity index is 2.40. The molecule has 0 spiro atoms. The molecule has 0 amide bonds. The van der Waals surface area contributed by atoms with E-state index < -0.39 is 35.7 Å². The molecule has 2 aromatic rings. The molecule has 0 aliphatic rings. The molecule has 0 aliphatic heterocycles. The predicted octanol–water partition coefficient (Wildman–Crippen LogP) is 3.41. The number of ether oxygens (including phenoxy) is 4. The fourth-order valence-electron chi connectivity index (χ4n) is 2.56. The van der Waals surface area contributed by atoms with Crippen LogP contribution in [0.2, 0.25) is 0 Å². The van der Waals surface area contributed by atoms with E-state index >= 15 is 0 Å². The highest BCUT2D eigenvalue weighted by molar-refractivity contribution is 7.20. The van der Waals surface area contributed by atoms with Gasteiger partial charge in [-0.2, -0.15) is 4.98 Å². The average Bonchev–Trinajstić information content (AvgIpc) is 3.06. The molecular weight excluding hydrogens is 398 g/mol. The van der Waals surface area contributed by atoms with E-state index in [1.165, 1.54) is 14.2 Å². The normalized spacial score (nSPS) is 12.3. The number of fused-ring (bicyclic) bond motifs is 1. The summed E-state index contributed by atoms with van der Waals surface area (Å²) in [6.45, 7) is 6.89. The molecule has 2 heterocycles. The fraction of sp³-hybridized carbons (Fsp3) is 0.500. The molecule has 0 bridgehead atoms. The molecule has 2 aromatic heterocycles. The molecular formula is C20H25NO7S. The van der Waals surface area contributed by atoms with Crippen LogP contribution in [0.3, 0.4) is 0 Å². The van der Waals surface area contributed by atoms with Gasteiger partial charge in [-0.15, -0.1) is 11.3 Å². The monoisotopic (exact) mass is 423 g/mol. The van der Waals surface area contributed by atoms with Crippen LogP contribution in [0.5, 0.6) is 11.6 Å². The minimum atomic E-state index is -1.30. The van der Waals surface area contributed by atoms with Crippen molar-refractivity contribution in [2.75, 3.05) is 20.8 Å². The first-order chi connectivity index (χ1) is 13.6. The van der Waals surface area contributed by atoms with Crippen LogP contribution in [0.1, 0.15) is 43.8 Å². The fourth-order valence-corrected chi connectivity index (χ4v) is 3.57. The standard InChI is InChI=1S/C20H25NO7S/c1-7-27-15(22)10-12(19(24)28-20(2,3)4)16(23)14-9-11-8-13(25-5)17(26-6)21-18(11)29-14/h8-9,12H,7,10H2,1-6H3. The topological polar surface area (TPSA) is 101 Å². The summed E-state index contributed by atoms with van der Waals surface area (Å²) in [5, 5.41) is 0.662. The summed E-state index contributed by atoms with van der Waals surface area (Å²) in [7, 11) is 2.95. The molecule has 0 fully saturated rings. The van der Waals surface area contributed by atoms with Crippen LogP contribution < -0.4 is 9.47 Å². The highest BCUT2D eigenvalue weighted by atomic mass is 32.1. The second-order valence-electron chi connectivity index (χ2n) is 7.16. The zero-order valence-electron chi connectivity index (χ0n) is 17.4. The van der Waals surface area contributed by atoms with Crippen LogP contribution in [-0.4, -0.2) is 49.1 Å². The first-order valence-corrected chi connectivity index (χ1v) is 9.86. The number of nitrogens with zero attached hydrogens (tertiary/aromatic N) is 1. The molecule has 0 aromatic carbocycles. The summed E-state index contributed by atoms with van der Waals surface area (Å²) in [6, 6.07) is 3.31. The van der Waals surface area contributed by atoms with Crippen LogP contribution in [0.4, 0.5) is 0 Å². The van der Waals surface area contributed by atoms with Crippen molar-refractivity contribution in [3.8, 4) is 11.6 Å². The highest BCUT2D eigenvalue weighted by Crippen LogP contribution is 2.34. The van der Waals surface area contributed by atoms with E-state index in [0.717, 1.165) is 11.3 Å². The number of thiophene rings is 1. The lowest BCUT2D eigenvalue weighted by atomic mass is 9.98. The lowest BCUT2D eigenvalue weighted by Crippen LogP contribution is -2.34. The summed E-state index contributed by atoms with van der Waals surface area (Å²) in [5.41, 5.74) is -0.799. The van der Waals surface area contributed by atoms with Gasteiger partial charge in [-0.05, 0) is 39.8 Å². The molecule has 9 heteroatoms. The molecule has 0 saturated carbocycles. The van der Waals surface area contributed by atoms with Crippen molar-refractivity contribution in [1.29, 1.82) is 0 Å². The lowest BCUT2D eigenvalue weighted by molar-refractivity contribution is -0.161. The molecule has 29 heavy (non-hydrogen) atoms. The Bertz CT molecular complexity index is 872. The third-order valence-electron chi connectivity index (χ3n) is 3.78. The minimum Gasteiger partial charge on any atom is -0.491 e. The van der Waals surface area contributed by atoms with Gasteiger partial charge in [0.15, 0.2) is 11.5 Å². The smallest absolute Gasteiger partial charge is 0.318 e. The van der Waals surface area contributed by atoms with Crippen molar-refractivity contribution in [3.05, 3.63) is 17.0 Å². The van der Waals surface area contributed by atoms with E-state index in [0.29, 0.717) is 16.0 Å². The molecule has 158 valence electrons. The van der Waals surface area contributed by atoms with Crippen LogP contribution in [0, 0.1) is 5.92 Å². The maximum absolute atomic E-state index is 13.1. The number of aromatic nitrogens is 1. The molecule has 8 nitrogen and oxygen atoms in total. The average molecular weight is 423 g/mol. The van der Waals surface area contributed by atoms with Crippen molar-refractivity contribution >= 4 is 39.3 Å².